The number of aliphatic hydroxyl groups excluding tert-OH is 10. The minimum Gasteiger partial charge on any atom is -0.469 e. The van der Waals surface area contributed by atoms with E-state index < -0.39 is 233 Å². The lowest BCUT2D eigenvalue weighted by molar-refractivity contribution is -0.338. The van der Waals surface area contributed by atoms with E-state index in [2.05, 4.69) is 31.3 Å². The van der Waals surface area contributed by atoms with Crippen molar-refractivity contribution in [2.45, 2.75) is 342 Å². The molecular weight excluding hydrogens is 1700 g/mol. The molecule has 0 radical (unpaired) electrons. The Labute approximate surface area is 750 Å². The van der Waals surface area contributed by atoms with Crippen molar-refractivity contribution in [2.75, 3.05) is 106 Å². The number of rotatable bonds is 46. The van der Waals surface area contributed by atoms with Gasteiger partial charge in [-0.05, 0) is 88.9 Å². The highest BCUT2D eigenvalue weighted by atomic mass is 16.8. The summed E-state index contributed by atoms with van der Waals surface area (Å²) >= 11 is 0. The topological polar surface area (TPSA) is 554 Å². The number of methoxy groups -OCH3 is 2. The molecule has 30 atom stereocenters. The number of amides is 4. The van der Waals surface area contributed by atoms with Gasteiger partial charge in [-0.15, -0.1) is 10.2 Å². The molecule has 10 aliphatic rings. The molecule has 0 aromatic carbocycles. The summed E-state index contributed by atoms with van der Waals surface area (Å²) in [4.78, 5) is 87.9. The molecule has 4 amide bonds. The van der Waals surface area contributed by atoms with Gasteiger partial charge in [-0.1, -0.05) is 101 Å². The normalized spacial score (nSPS) is 35.3. The number of hydrogen-bond acceptors (Lipinski definition) is 37. The number of hydrogen-bond donors (Lipinski definition) is 12. The Morgan fingerprint density at radius 1 is 0.442 bits per heavy atom. The molecule has 43 nitrogen and oxygen atoms in total. The van der Waals surface area contributed by atoms with Crippen molar-refractivity contribution in [2.24, 2.45) is 35.5 Å². The summed E-state index contributed by atoms with van der Waals surface area (Å²) in [5.74, 6) is -5.06. The molecule has 4 saturated carbocycles. The number of likely N-dealkylation sites (tertiary alicyclic amines) is 2. The highest BCUT2D eigenvalue weighted by Crippen LogP contribution is 2.44. The van der Waals surface area contributed by atoms with Crippen LogP contribution in [0.5, 0.6) is 0 Å². The second-order valence-corrected chi connectivity index (χ2v) is 36.0. The largest absolute Gasteiger partial charge is 0.469 e. The van der Waals surface area contributed by atoms with Crippen molar-refractivity contribution >= 4 is 35.6 Å². The molecule has 4 aliphatic carbocycles. The second-order valence-electron chi connectivity index (χ2n) is 36.0. The molecule has 12 N–H and O–H groups in total. The summed E-state index contributed by atoms with van der Waals surface area (Å²) in [5.41, 5.74) is 0.754. The summed E-state index contributed by atoms with van der Waals surface area (Å²) in [6.45, 7) is 8.27. The standard InChI is InChI=1S/C86H140N10O33/c1-7-51-35-53(81(111)113-5)37-57(75(51)128-85-73(107)71(105)67(101)47(3)120-85)124-83-65(77(69(103)61(43-97)126-83)122-59(79(109)93-21-15-22-93)33-49-17-11-9-12-18-49)87-63(99)41-95-39-55(89-91-95)45-118-31-29-116-27-25-115-26-28-117-30-32-119-46-56-40-96(92-90-56)42-64(100)88-66-78(123-60(80(110)94-23-16-24-94)34-50-19-13-10-14-20-50)70(104)62(44-98)127-84(66)125-58-38-54(82(112)114-6)36-52(8-2)76(58)129-86-74(108)72(106)68(102)48(4)121-86/h39-40,47-54,57-62,65-78,83-86,97-98,101-108H,7-38,41-46H2,1-6H3,(H,87,99)(H,88,100)/t47?,48?,51?,52?,53?,54?,57-,58-,59+,60+,61+,62+,65?,66?,67-,68-,69+,70+,71+,72+,73?,74?,75-,76-,77?,78?,83-,84-,85+,86+/m1/s1. The second kappa shape index (κ2) is 50.1. The van der Waals surface area contributed by atoms with E-state index in [1.165, 1.54) is 49.8 Å². The molecule has 10 fully saturated rings. The van der Waals surface area contributed by atoms with E-state index in [1.54, 1.807) is 9.80 Å². The number of esters is 2. The van der Waals surface area contributed by atoms with Crippen LogP contribution in [0.4, 0.5) is 0 Å². The van der Waals surface area contributed by atoms with Gasteiger partial charge in [0.15, 0.2) is 25.2 Å². The van der Waals surface area contributed by atoms with Gasteiger partial charge in [0, 0.05) is 26.2 Å². The first-order valence-electron chi connectivity index (χ1n) is 46.5. The van der Waals surface area contributed by atoms with Crippen LogP contribution in [-0.2, 0) is 136 Å². The Bertz CT molecular complexity index is 3520. The molecule has 2 aromatic heterocycles. The predicted octanol–water partition coefficient (Wildman–Crippen LogP) is -1.89. The van der Waals surface area contributed by atoms with Crippen molar-refractivity contribution in [3.05, 3.63) is 23.8 Å². The summed E-state index contributed by atoms with van der Waals surface area (Å²) < 4.78 is 107. The van der Waals surface area contributed by atoms with Gasteiger partial charge < -0.3 is 152 Å². The van der Waals surface area contributed by atoms with Crippen molar-refractivity contribution in [1.29, 1.82) is 0 Å². The van der Waals surface area contributed by atoms with Gasteiger partial charge in [0.25, 0.3) is 11.8 Å². The number of carbonyl (C=O) groups is 6. The van der Waals surface area contributed by atoms with E-state index in [1.807, 2.05) is 13.8 Å². The lowest BCUT2D eigenvalue weighted by Crippen LogP contribution is -2.68. The van der Waals surface area contributed by atoms with E-state index in [0.29, 0.717) is 63.3 Å². The van der Waals surface area contributed by atoms with Gasteiger partial charge >= 0.3 is 11.9 Å². The number of nitrogens with zero attached hydrogens (tertiary/aromatic N) is 8. The Kier molecular flexibility index (Phi) is 39.6. The summed E-state index contributed by atoms with van der Waals surface area (Å²) in [6, 6.07) is -2.80. The van der Waals surface area contributed by atoms with Crippen molar-refractivity contribution in [3.8, 4) is 0 Å². The first-order valence-corrected chi connectivity index (χ1v) is 46.5. The highest BCUT2D eigenvalue weighted by Gasteiger charge is 2.57. The molecule has 6 saturated heterocycles. The minimum atomic E-state index is -1.69. The van der Waals surface area contributed by atoms with E-state index in [4.69, 9.17) is 80.5 Å². The zero-order valence-electron chi connectivity index (χ0n) is 74.9. The molecular formula is C86H140N10O33. The SMILES string of the molecule is CCC1CC(C(=O)OC)C[C@@H](O[C@@H]2O[C@@H](CO)[C@H](O)C(O[C@@H](CC3CCCCC3)C(=O)N3CCC3)C2NC(=O)Cn2cc(COCCOCCOCCOCCOCc3cn(CC(=O)NC4C(O[C@@H](CC5CCCCC5)C(=O)N5CCC5)[C@@H](O)[C@H](CO)O[C@H]4O[C@@H]4CC(C(=O)OC)CC(CC)[C@H]4O[C@@H]4OC(C)[C@@H](O)[C@H](O)C4O)nn3)nn2)[C@@H]1O[C@@H]1OC(C)[C@@H](O)[C@H](O)C1O. The minimum absolute atomic E-state index is 0.000406. The van der Waals surface area contributed by atoms with Crippen molar-refractivity contribution in [3.63, 3.8) is 0 Å². The summed E-state index contributed by atoms with van der Waals surface area (Å²) in [5, 5.41) is 134. The zero-order valence-corrected chi connectivity index (χ0v) is 74.9. The fourth-order valence-corrected chi connectivity index (χ4v) is 19.3. The van der Waals surface area contributed by atoms with Gasteiger partial charge in [-0.2, -0.15) is 0 Å². The molecule has 12 rings (SSSR count). The number of aliphatic hydroxyl groups is 10. The van der Waals surface area contributed by atoms with Crippen LogP contribution >= 0.6 is 0 Å². The fraction of sp³-hybridized carbons (Fsp3) is 0.884. The van der Waals surface area contributed by atoms with Crippen LogP contribution in [0.25, 0.3) is 0 Å². The van der Waals surface area contributed by atoms with Gasteiger partial charge in [0.2, 0.25) is 11.8 Å². The van der Waals surface area contributed by atoms with Crippen LogP contribution in [-0.4, -0.2) is 392 Å². The quantitative estimate of drug-likeness (QED) is 0.0255. The molecule has 732 valence electrons. The monoisotopic (exact) mass is 1840 g/mol. The number of carbonyl (C=O) groups excluding carboxylic acids is 6. The summed E-state index contributed by atoms with van der Waals surface area (Å²) in [7, 11) is 2.53. The average molecular weight is 1840 g/mol. The van der Waals surface area contributed by atoms with E-state index in [9.17, 15) is 79.8 Å². The maximum absolute atomic E-state index is 14.5. The molecule has 0 spiro atoms. The average Bonchev–Trinajstić information content (AvgIpc) is 1.76. The Hall–Kier alpha value is -5.90. The molecule has 8 heterocycles. The van der Waals surface area contributed by atoms with E-state index in [-0.39, 0.29) is 115 Å². The molecule has 2 aromatic rings. The van der Waals surface area contributed by atoms with Gasteiger partial charge in [-0.25, -0.2) is 9.36 Å². The van der Waals surface area contributed by atoms with E-state index >= 15 is 0 Å². The molecule has 43 heteroatoms. The van der Waals surface area contributed by atoms with Crippen LogP contribution < -0.4 is 10.6 Å². The molecule has 0 bridgehead atoms. The van der Waals surface area contributed by atoms with Crippen molar-refractivity contribution < 1.29 is 160 Å². The third-order valence-electron chi connectivity index (χ3n) is 27.0. The molecule has 6 aliphatic heterocycles. The fourth-order valence-electron chi connectivity index (χ4n) is 19.3. The first kappa shape index (κ1) is 102. The Morgan fingerprint density at radius 3 is 1.14 bits per heavy atom. The Morgan fingerprint density at radius 2 is 0.806 bits per heavy atom. The third-order valence-corrected chi connectivity index (χ3v) is 27.0. The highest BCUT2D eigenvalue weighted by molar-refractivity contribution is 5.82. The third kappa shape index (κ3) is 27.3. The number of ether oxygens (including phenoxy) is 17. The first-order chi connectivity index (χ1) is 62.3. The predicted molar refractivity (Wildman–Crippen MR) is 443 cm³/mol. The van der Waals surface area contributed by atoms with Crippen molar-refractivity contribution in [1.82, 2.24) is 50.4 Å². The van der Waals surface area contributed by atoms with Gasteiger partial charge in [0.05, 0.1) is 154 Å². The number of aromatic nitrogens is 6. The lowest BCUT2D eigenvalue weighted by atomic mass is 9.76. The molecule has 12 unspecified atom stereocenters. The summed E-state index contributed by atoms with van der Waals surface area (Å²) in [6.07, 6.45) is -16.5. The van der Waals surface area contributed by atoms with Crippen LogP contribution in [0.15, 0.2) is 12.4 Å². The maximum atomic E-state index is 14.5. The number of nitrogens with one attached hydrogen (secondary N) is 2. The van der Waals surface area contributed by atoms with Crippen LogP contribution in [0.1, 0.15) is 167 Å². The van der Waals surface area contributed by atoms with E-state index in [0.717, 1.165) is 77.0 Å². The lowest BCUT2D eigenvalue weighted by Gasteiger charge is -2.49. The molecule has 129 heavy (non-hydrogen) atoms. The van der Waals surface area contributed by atoms with Gasteiger partial charge in [-0.3, -0.25) is 28.8 Å². The zero-order chi connectivity index (χ0) is 92.0. The smallest absolute Gasteiger partial charge is 0.308 e. The maximum Gasteiger partial charge on any atom is 0.308 e. The van der Waals surface area contributed by atoms with Crippen LogP contribution in [0.2, 0.25) is 0 Å². The Balaban J connectivity index is 0.596. The van der Waals surface area contributed by atoms with Crippen LogP contribution in [0, 0.1) is 35.5 Å². The van der Waals surface area contributed by atoms with Crippen LogP contribution in [0.3, 0.4) is 0 Å². The van der Waals surface area contributed by atoms with Gasteiger partial charge in [0.1, 0.15) is 122 Å².